The van der Waals surface area contributed by atoms with Crippen LogP contribution in [0.25, 0.3) is 0 Å². The van der Waals surface area contributed by atoms with Gasteiger partial charge >= 0.3 is 0 Å². The Bertz CT molecular complexity index is 583. The topological polar surface area (TPSA) is 38.3 Å². The molecule has 0 aliphatic carbocycles. The van der Waals surface area contributed by atoms with Crippen LogP contribution >= 0.6 is 15.9 Å². The fourth-order valence-corrected chi connectivity index (χ4v) is 2.59. The van der Waals surface area contributed by atoms with Gasteiger partial charge < -0.3 is 10.1 Å². The number of ether oxygens (including phenoxy) is 1. The van der Waals surface area contributed by atoms with Crippen molar-refractivity contribution in [3.8, 4) is 0 Å². The molecule has 21 heavy (non-hydrogen) atoms. The lowest BCUT2D eigenvalue weighted by atomic mass is 9.95. The summed E-state index contributed by atoms with van der Waals surface area (Å²) in [6.45, 7) is 0. The number of hydrogen-bond donors (Lipinski definition) is 1. The third-order valence-electron chi connectivity index (χ3n) is 3.41. The molecule has 2 rings (SSSR count). The smallest absolute Gasteiger partial charge is 0.182 e. The second-order valence-corrected chi connectivity index (χ2v) is 5.62. The van der Waals surface area contributed by atoms with Crippen LogP contribution in [0.3, 0.4) is 0 Å². The predicted octanol–water partition coefficient (Wildman–Crippen LogP) is 3.61. The van der Waals surface area contributed by atoms with Crippen LogP contribution in [0.2, 0.25) is 0 Å². The SMILES string of the molecule is CN[C@H](C(=O)c1ccc(Br)cc1)[C@@H](OC)c1ccccc1. The number of hydrogen-bond acceptors (Lipinski definition) is 3. The molecule has 2 aromatic carbocycles. The van der Waals surface area contributed by atoms with Crippen LogP contribution in [0.5, 0.6) is 0 Å². The molecule has 0 saturated heterocycles. The number of carbonyl (C=O) groups excluding carboxylic acids is 1. The minimum Gasteiger partial charge on any atom is -0.375 e. The van der Waals surface area contributed by atoms with E-state index in [0.717, 1.165) is 10.0 Å². The van der Waals surface area contributed by atoms with Gasteiger partial charge in [0.2, 0.25) is 0 Å². The van der Waals surface area contributed by atoms with Crippen molar-refractivity contribution < 1.29 is 9.53 Å². The number of Topliss-reactive ketones (excluding diaryl/α,β-unsaturated/α-hetero) is 1. The van der Waals surface area contributed by atoms with Crippen LogP contribution < -0.4 is 5.32 Å². The molecule has 2 aromatic rings. The van der Waals surface area contributed by atoms with Crippen molar-refractivity contribution in [2.24, 2.45) is 0 Å². The van der Waals surface area contributed by atoms with Crippen molar-refractivity contribution in [1.82, 2.24) is 5.32 Å². The molecule has 0 heterocycles. The van der Waals surface area contributed by atoms with E-state index in [1.54, 1.807) is 14.2 Å². The van der Waals surface area contributed by atoms with Gasteiger partial charge in [0.05, 0.1) is 0 Å². The molecule has 0 radical (unpaired) electrons. The van der Waals surface area contributed by atoms with Crippen LogP contribution in [-0.4, -0.2) is 26.0 Å². The van der Waals surface area contributed by atoms with Crippen molar-refractivity contribution in [3.05, 3.63) is 70.2 Å². The number of carbonyl (C=O) groups is 1. The largest absolute Gasteiger partial charge is 0.375 e. The number of benzene rings is 2. The van der Waals surface area contributed by atoms with Crippen LogP contribution in [0, 0.1) is 0 Å². The monoisotopic (exact) mass is 347 g/mol. The fourth-order valence-electron chi connectivity index (χ4n) is 2.32. The molecule has 1 N–H and O–H groups in total. The quantitative estimate of drug-likeness (QED) is 0.811. The summed E-state index contributed by atoms with van der Waals surface area (Å²) in [7, 11) is 3.40. The first-order chi connectivity index (χ1) is 10.2. The van der Waals surface area contributed by atoms with E-state index in [1.807, 2.05) is 54.6 Å². The lowest BCUT2D eigenvalue weighted by molar-refractivity contribution is 0.0565. The Morgan fingerprint density at radius 3 is 2.24 bits per heavy atom. The molecule has 3 nitrogen and oxygen atoms in total. The fraction of sp³-hybridized carbons (Fsp3) is 0.235. The van der Waals surface area contributed by atoms with E-state index < -0.39 is 6.04 Å². The van der Waals surface area contributed by atoms with E-state index in [4.69, 9.17) is 4.74 Å². The minimum atomic E-state index is -0.432. The van der Waals surface area contributed by atoms with Gasteiger partial charge in [0.15, 0.2) is 5.78 Å². The lowest BCUT2D eigenvalue weighted by Gasteiger charge is -2.25. The van der Waals surface area contributed by atoms with Crippen LogP contribution in [0.1, 0.15) is 22.0 Å². The predicted molar refractivity (Wildman–Crippen MR) is 87.5 cm³/mol. The molecule has 110 valence electrons. The molecule has 0 aliphatic rings. The van der Waals surface area contributed by atoms with E-state index in [0.29, 0.717) is 5.56 Å². The molecular weight excluding hydrogens is 330 g/mol. The molecule has 0 unspecified atom stereocenters. The Morgan fingerprint density at radius 2 is 1.71 bits per heavy atom. The average Bonchev–Trinajstić information content (AvgIpc) is 2.53. The molecule has 0 aromatic heterocycles. The van der Waals surface area contributed by atoms with Gasteiger partial charge in [-0.25, -0.2) is 0 Å². The zero-order chi connectivity index (χ0) is 15.2. The van der Waals surface area contributed by atoms with E-state index in [2.05, 4.69) is 21.2 Å². The van der Waals surface area contributed by atoms with Gasteiger partial charge in [-0.2, -0.15) is 0 Å². The number of ketones is 1. The maximum absolute atomic E-state index is 12.7. The van der Waals surface area contributed by atoms with E-state index in [-0.39, 0.29) is 11.9 Å². The summed E-state index contributed by atoms with van der Waals surface area (Å²) in [5, 5.41) is 3.08. The first-order valence-corrected chi connectivity index (χ1v) is 7.51. The second kappa shape index (κ2) is 7.50. The van der Waals surface area contributed by atoms with Gasteiger partial charge in [-0.1, -0.05) is 58.4 Å². The number of halogens is 1. The Morgan fingerprint density at radius 1 is 1.10 bits per heavy atom. The van der Waals surface area contributed by atoms with Crippen molar-refractivity contribution in [1.29, 1.82) is 0 Å². The van der Waals surface area contributed by atoms with Crippen molar-refractivity contribution in [2.75, 3.05) is 14.2 Å². The Labute approximate surface area is 133 Å². The molecule has 4 heteroatoms. The summed E-state index contributed by atoms with van der Waals surface area (Å²) >= 11 is 3.38. The third-order valence-corrected chi connectivity index (χ3v) is 3.94. The average molecular weight is 348 g/mol. The van der Waals surface area contributed by atoms with Gasteiger partial charge in [0.1, 0.15) is 12.1 Å². The third kappa shape index (κ3) is 3.79. The number of likely N-dealkylation sites (N-methyl/N-ethyl adjacent to an activating group) is 1. The van der Waals surface area contributed by atoms with E-state index in [1.165, 1.54) is 0 Å². The molecule has 2 atom stereocenters. The van der Waals surface area contributed by atoms with Crippen molar-refractivity contribution in [2.45, 2.75) is 12.1 Å². The zero-order valence-electron chi connectivity index (χ0n) is 12.0. The highest BCUT2D eigenvalue weighted by atomic mass is 79.9. The first-order valence-electron chi connectivity index (χ1n) is 6.72. The molecular formula is C17H18BrNO2. The minimum absolute atomic E-state index is 0.0145. The van der Waals surface area contributed by atoms with E-state index in [9.17, 15) is 4.79 Å². The summed E-state index contributed by atoms with van der Waals surface area (Å²) in [5.41, 5.74) is 1.64. The zero-order valence-corrected chi connectivity index (χ0v) is 13.6. The molecule has 0 bridgehead atoms. The Hall–Kier alpha value is -1.49. The lowest BCUT2D eigenvalue weighted by Crippen LogP contribution is -2.40. The number of methoxy groups -OCH3 is 1. The molecule has 0 saturated carbocycles. The number of rotatable bonds is 6. The Balaban J connectivity index is 2.29. The van der Waals surface area contributed by atoms with Crippen LogP contribution in [0.15, 0.2) is 59.1 Å². The van der Waals surface area contributed by atoms with Crippen LogP contribution in [-0.2, 0) is 4.74 Å². The van der Waals surface area contributed by atoms with Gasteiger partial charge in [0, 0.05) is 17.1 Å². The van der Waals surface area contributed by atoms with E-state index >= 15 is 0 Å². The van der Waals surface area contributed by atoms with Gasteiger partial charge in [-0.15, -0.1) is 0 Å². The summed E-state index contributed by atoms with van der Waals surface area (Å²) < 4.78 is 6.51. The van der Waals surface area contributed by atoms with Gasteiger partial charge in [-0.05, 0) is 24.7 Å². The highest BCUT2D eigenvalue weighted by Gasteiger charge is 2.28. The summed E-state index contributed by atoms with van der Waals surface area (Å²) in [4.78, 5) is 12.7. The second-order valence-electron chi connectivity index (χ2n) is 4.70. The highest BCUT2D eigenvalue weighted by Crippen LogP contribution is 2.23. The number of nitrogens with one attached hydrogen (secondary N) is 1. The van der Waals surface area contributed by atoms with Gasteiger partial charge in [0.25, 0.3) is 0 Å². The van der Waals surface area contributed by atoms with Gasteiger partial charge in [-0.3, -0.25) is 4.79 Å². The molecule has 0 amide bonds. The molecule has 0 fully saturated rings. The molecule has 0 aliphatic heterocycles. The summed E-state index contributed by atoms with van der Waals surface area (Å²) in [5.74, 6) is 0.0145. The van der Waals surface area contributed by atoms with Crippen molar-refractivity contribution in [3.63, 3.8) is 0 Å². The standard InChI is InChI=1S/C17H18BrNO2/c1-19-15(16(20)12-8-10-14(18)11-9-12)17(21-2)13-6-4-3-5-7-13/h3-11,15,17,19H,1-2H3/t15-,17+/m1/s1. The normalized spacial score (nSPS) is 13.7. The summed E-state index contributed by atoms with van der Waals surface area (Å²) in [6, 6.07) is 16.7. The first kappa shape index (κ1) is 15.9. The molecule has 0 spiro atoms. The maximum atomic E-state index is 12.7. The van der Waals surface area contributed by atoms with Crippen molar-refractivity contribution >= 4 is 21.7 Å². The maximum Gasteiger partial charge on any atom is 0.182 e. The summed E-state index contributed by atoms with van der Waals surface area (Å²) in [6.07, 6.45) is -0.327. The highest BCUT2D eigenvalue weighted by molar-refractivity contribution is 9.10. The van der Waals surface area contributed by atoms with Crippen LogP contribution in [0.4, 0.5) is 0 Å². The Kier molecular flexibility index (Phi) is 5.67.